The molecule has 2 atom stereocenters. The van der Waals surface area contributed by atoms with Crippen LogP contribution in [0.4, 0.5) is 0 Å². The van der Waals surface area contributed by atoms with Gasteiger partial charge in [-0.25, -0.2) is 0 Å². The second-order valence-corrected chi connectivity index (χ2v) is 7.85. The lowest BCUT2D eigenvalue weighted by Crippen LogP contribution is -2.52. The molecule has 2 aromatic carbocycles. The lowest BCUT2D eigenvalue weighted by atomic mass is 9.90. The number of rotatable bonds is 8. The van der Waals surface area contributed by atoms with Crippen LogP contribution >= 0.6 is 0 Å². The summed E-state index contributed by atoms with van der Waals surface area (Å²) >= 11 is 0. The van der Waals surface area contributed by atoms with E-state index in [9.17, 15) is 19.8 Å². The molecule has 0 saturated heterocycles. The lowest BCUT2D eigenvalue weighted by molar-refractivity contribution is -0.141. The molecule has 0 aromatic heterocycles. The van der Waals surface area contributed by atoms with Gasteiger partial charge in [0.05, 0.1) is 12.6 Å². The van der Waals surface area contributed by atoms with Crippen LogP contribution in [0.1, 0.15) is 43.1 Å². The highest BCUT2D eigenvalue weighted by Gasteiger charge is 2.36. The molecule has 3 N–H and O–H groups in total. The molecule has 150 valence electrons. The summed E-state index contributed by atoms with van der Waals surface area (Å²) in [6.07, 6.45) is 0.373. The van der Waals surface area contributed by atoms with Gasteiger partial charge in [0.15, 0.2) is 5.78 Å². The largest absolute Gasteiger partial charge is 0.393 e. The Bertz CT molecular complexity index is 828. The van der Waals surface area contributed by atoms with Crippen LogP contribution in [0.5, 0.6) is 0 Å². The number of hydrogen-bond acceptors (Lipinski definition) is 4. The molecule has 5 nitrogen and oxygen atoms in total. The summed E-state index contributed by atoms with van der Waals surface area (Å²) < 4.78 is 0. The highest BCUT2D eigenvalue weighted by molar-refractivity contribution is 6.01. The van der Waals surface area contributed by atoms with E-state index in [1.54, 1.807) is 6.07 Å². The van der Waals surface area contributed by atoms with Crippen LogP contribution < -0.4 is 5.32 Å². The van der Waals surface area contributed by atoms with Crippen LogP contribution in [0.2, 0.25) is 0 Å². The predicted molar refractivity (Wildman–Crippen MR) is 110 cm³/mol. The molecular formula is C23H29NO4. The van der Waals surface area contributed by atoms with Crippen LogP contribution in [0.15, 0.2) is 48.5 Å². The predicted octanol–water partition coefficient (Wildman–Crippen LogP) is 3.12. The van der Waals surface area contributed by atoms with Crippen molar-refractivity contribution in [2.75, 3.05) is 6.61 Å². The van der Waals surface area contributed by atoms with Crippen molar-refractivity contribution in [3.8, 4) is 11.1 Å². The normalized spacial score (nSPS) is 14.4. The Morgan fingerprint density at radius 1 is 1.07 bits per heavy atom. The number of hydrogen-bond donors (Lipinski definition) is 3. The van der Waals surface area contributed by atoms with E-state index >= 15 is 0 Å². The van der Waals surface area contributed by atoms with E-state index in [-0.39, 0.29) is 11.8 Å². The van der Waals surface area contributed by atoms with Crippen LogP contribution in [0, 0.1) is 12.8 Å². The molecule has 2 unspecified atom stereocenters. The van der Waals surface area contributed by atoms with Crippen LogP contribution in [0.3, 0.4) is 0 Å². The van der Waals surface area contributed by atoms with Gasteiger partial charge in [-0.3, -0.25) is 9.59 Å². The van der Waals surface area contributed by atoms with E-state index in [4.69, 9.17) is 0 Å². The topological polar surface area (TPSA) is 86.6 Å². The SMILES string of the molecule is Cc1ccc(-c2ccccc2)cc1C(=O)NC(CC(C)C)C(=O)C(C)(O)CO. The Kier molecular flexibility index (Phi) is 7.11. The van der Waals surface area contributed by atoms with Gasteiger partial charge in [-0.1, -0.05) is 56.3 Å². The number of carbonyl (C=O) groups is 2. The summed E-state index contributed by atoms with van der Waals surface area (Å²) in [5.41, 5.74) is 1.28. The molecule has 0 spiro atoms. The number of aliphatic hydroxyl groups is 2. The molecule has 0 aliphatic heterocycles. The first-order chi connectivity index (χ1) is 13.2. The maximum Gasteiger partial charge on any atom is 0.252 e. The first-order valence-corrected chi connectivity index (χ1v) is 9.50. The number of carbonyl (C=O) groups excluding carboxylic acids is 2. The van der Waals surface area contributed by atoms with Gasteiger partial charge in [-0.2, -0.15) is 0 Å². The van der Waals surface area contributed by atoms with Gasteiger partial charge in [0.2, 0.25) is 0 Å². The highest BCUT2D eigenvalue weighted by atomic mass is 16.3. The molecule has 2 rings (SSSR count). The van der Waals surface area contributed by atoms with Crippen LogP contribution in [0.25, 0.3) is 11.1 Å². The fraction of sp³-hybridized carbons (Fsp3) is 0.391. The fourth-order valence-corrected chi connectivity index (χ4v) is 3.07. The van der Waals surface area contributed by atoms with Gasteiger partial charge in [-0.15, -0.1) is 0 Å². The van der Waals surface area contributed by atoms with E-state index < -0.39 is 24.0 Å². The molecule has 0 saturated carbocycles. The fourth-order valence-electron chi connectivity index (χ4n) is 3.07. The highest BCUT2D eigenvalue weighted by Crippen LogP contribution is 2.23. The zero-order valence-electron chi connectivity index (χ0n) is 16.9. The van der Waals surface area contributed by atoms with Crippen molar-refractivity contribution >= 4 is 11.7 Å². The van der Waals surface area contributed by atoms with Gasteiger partial charge in [0, 0.05) is 5.56 Å². The Balaban J connectivity index is 2.31. The molecule has 28 heavy (non-hydrogen) atoms. The quantitative estimate of drug-likeness (QED) is 0.654. The first kappa shape index (κ1) is 21.8. The maximum atomic E-state index is 13.0. The third-order valence-corrected chi connectivity index (χ3v) is 4.76. The van der Waals surface area contributed by atoms with E-state index in [1.807, 2.05) is 63.2 Å². The zero-order valence-corrected chi connectivity index (χ0v) is 16.9. The lowest BCUT2D eigenvalue weighted by Gasteiger charge is -2.27. The standard InChI is InChI=1S/C23H29NO4/c1-15(2)12-20(21(26)23(4,28)14-25)24-22(27)19-13-18(11-10-16(19)3)17-8-6-5-7-9-17/h5-11,13,15,20,25,28H,12,14H2,1-4H3,(H,24,27). The number of Topliss-reactive ketones (excluding diaryl/α,β-unsaturated/α-hetero) is 1. The zero-order chi connectivity index (χ0) is 20.9. The summed E-state index contributed by atoms with van der Waals surface area (Å²) in [6, 6.07) is 14.5. The minimum Gasteiger partial charge on any atom is -0.393 e. The third kappa shape index (κ3) is 5.27. The van der Waals surface area contributed by atoms with Crippen molar-refractivity contribution in [2.24, 2.45) is 5.92 Å². The molecule has 0 heterocycles. The summed E-state index contributed by atoms with van der Waals surface area (Å²) in [5, 5.41) is 22.2. The van der Waals surface area contributed by atoms with Crippen molar-refractivity contribution in [3.63, 3.8) is 0 Å². The van der Waals surface area contributed by atoms with E-state index in [2.05, 4.69) is 5.32 Å². The maximum absolute atomic E-state index is 13.0. The number of aryl methyl sites for hydroxylation is 1. The summed E-state index contributed by atoms with van der Waals surface area (Å²) in [5.74, 6) is -0.836. The number of ketones is 1. The van der Waals surface area contributed by atoms with Gasteiger partial charge in [-0.05, 0) is 48.9 Å². The van der Waals surface area contributed by atoms with Gasteiger partial charge in [0.25, 0.3) is 5.91 Å². The van der Waals surface area contributed by atoms with Gasteiger partial charge >= 0.3 is 0 Å². The number of amides is 1. The summed E-state index contributed by atoms with van der Waals surface area (Å²) in [6.45, 7) is 6.27. The molecule has 2 aromatic rings. The van der Waals surface area contributed by atoms with Crippen LogP contribution in [-0.4, -0.2) is 40.2 Å². The molecule has 0 aliphatic rings. The minimum absolute atomic E-state index is 0.125. The Hall–Kier alpha value is -2.50. The van der Waals surface area contributed by atoms with Crippen molar-refractivity contribution in [2.45, 2.75) is 45.8 Å². The molecule has 0 fully saturated rings. The van der Waals surface area contributed by atoms with Gasteiger partial charge in [0.1, 0.15) is 5.60 Å². The molecule has 1 amide bonds. The van der Waals surface area contributed by atoms with Crippen molar-refractivity contribution < 1.29 is 19.8 Å². The molecule has 0 aliphatic carbocycles. The Morgan fingerprint density at radius 3 is 2.29 bits per heavy atom. The van der Waals surface area contributed by atoms with E-state index in [1.165, 1.54) is 6.92 Å². The monoisotopic (exact) mass is 383 g/mol. The number of nitrogens with one attached hydrogen (secondary N) is 1. The van der Waals surface area contributed by atoms with E-state index in [0.717, 1.165) is 16.7 Å². The Morgan fingerprint density at radius 2 is 1.71 bits per heavy atom. The molecular weight excluding hydrogens is 354 g/mol. The van der Waals surface area contributed by atoms with Gasteiger partial charge < -0.3 is 15.5 Å². The average molecular weight is 383 g/mol. The second kappa shape index (κ2) is 9.13. The van der Waals surface area contributed by atoms with E-state index in [0.29, 0.717) is 12.0 Å². The van der Waals surface area contributed by atoms with Crippen molar-refractivity contribution in [1.29, 1.82) is 0 Å². The second-order valence-electron chi connectivity index (χ2n) is 7.85. The number of aliphatic hydroxyl groups excluding tert-OH is 1. The molecule has 5 heteroatoms. The summed E-state index contributed by atoms with van der Waals surface area (Å²) in [4.78, 5) is 25.6. The number of benzene rings is 2. The molecule has 0 bridgehead atoms. The van der Waals surface area contributed by atoms with Crippen molar-refractivity contribution in [3.05, 3.63) is 59.7 Å². The Labute approximate surface area is 166 Å². The molecule has 0 radical (unpaired) electrons. The van der Waals surface area contributed by atoms with Crippen LogP contribution in [-0.2, 0) is 4.79 Å². The summed E-state index contributed by atoms with van der Waals surface area (Å²) in [7, 11) is 0. The average Bonchev–Trinajstić information content (AvgIpc) is 2.67. The third-order valence-electron chi connectivity index (χ3n) is 4.76. The first-order valence-electron chi connectivity index (χ1n) is 9.50. The minimum atomic E-state index is -1.90. The smallest absolute Gasteiger partial charge is 0.252 e. The van der Waals surface area contributed by atoms with Crippen molar-refractivity contribution in [1.82, 2.24) is 5.32 Å².